The van der Waals surface area contributed by atoms with Crippen molar-refractivity contribution < 1.29 is 4.79 Å². The Bertz CT molecular complexity index is 2830. The fraction of sp³-hybridized carbons (Fsp3) is 0.0755. The molecule has 54 heavy (non-hydrogen) atoms. The monoisotopic (exact) mass is 688 g/mol. The molecule has 254 valence electrons. The van der Waals surface area contributed by atoms with Crippen LogP contribution in [0.25, 0.3) is 39.0 Å². The van der Waals surface area contributed by atoms with E-state index in [1.807, 2.05) is 24.3 Å². The summed E-state index contributed by atoms with van der Waals surface area (Å²) in [5, 5.41) is 0. The first-order valence-corrected chi connectivity index (χ1v) is 18.8. The standard InChI is InChI=1S/C53H36O/c1-4-5-18-43-33(3)36-14-6-10-19-44(36)52(43)48-28-23-32(2)29-42(48)41-27-25-35(31-50(41)52)51(54)34-24-26-40-39-17-9-13-22-47(39)53(49(40)30-34)45-20-11-7-15-37(45)38-16-8-12-21-46(38)53/h4-31H,1H2,2-3H3. The Morgan fingerprint density at radius 1 is 0.463 bits per heavy atom. The van der Waals surface area contributed by atoms with Gasteiger partial charge in [0.2, 0.25) is 0 Å². The third-order valence-corrected chi connectivity index (χ3v) is 12.8. The number of carbonyl (C=O) groups excluding carboxylic acids is 1. The molecule has 1 nitrogen and oxygen atoms in total. The minimum atomic E-state index is -0.546. The van der Waals surface area contributed by atoms with E-state index >= 15 is 4.79 Å². The van der Waals surface area contributed by atoms with Crippen molar-refractivity contribution in [2.45, 2.75) is 24.7 Å². The van der Waals surface area contributed by atoms with E-state index in [-0.39, 0.29) is 5.78 Å². The smallest absolute Gasteiger partial charge is 0.193 e. The quantitative estimate of drug-likeness (QED) is 0.133. The van der Waals surface area contributed by atoms with E-state index in [9.17, 15) is 0 Å². The van der Waals surface area contributed by atoms with Crippen LogP contribution < -0.4 is 0 Å². The molecule has 1 heteroatoms. The summed E-state index contributed by atoms with van der Waals surface area (Å²) >= 11 is 0. The predicted octanol–water partition coefficient (Wildman–Crippen LogP) is 12.4. The highest BCUT2D eigenvalue weighted by molar-refractivity contribution is 6.11. The summed E-state index contributed by atoms with van der Waals surface area (Å²) < 4.78 is 0. The first kappa shape index (κ1) is 31.0. The van der Waals surface area contributed by atoms with Crippen LogP contribution in [-0.4, -0.2) is 5.78 Å². The van der Waals surface area contributed by atoms with Crippen LogP contribution in [0.2, 0.25) is 0 Å². The molecule has 0 fully saturated rings. The van der Waals surface area contributed by atoms with Crippen molar-refractivity contribution in [3.8, 4) is 33.4 Å². The highest BCUT2D eigenvalue weighted by Gasteiger charge is 2.53. The van der Waals surface area contributed by atoms with Gasteiger partial charge in [0.15, 0.2) is 5.78 Å². The lowest BCUT2D eigenvalue weighted by molar-refractivity contribution is 0.103. The number of carbonyl (C=O) groups is 1. The number of aryl methyl sites for hydroxylation is 1. The Hall–Kier alpha value is -6.57. The van der Waals surface area contributed by atoms with Crippen molar-refractivity contribution in [1.29, 1.82) is 0 Å². The third-order valence-electron chi connectivity index (χ3n) is 12.8. The van der Waals surface area contributed by atoms with Gasteiger partial charge in [-0.1, -0.05) is 170 Å². The number of ketones is 1. The molecule has 0 heterocycles. The van der Waals surface area contributed by atoms with E-state index in [2.05, 4.69) is 166 Å². The average Bonchev–Trinajstić information content (AvgIpc) is 3.87. The van der Waals surface area contributed by atoms with Gasteiger partial charge in [-0.05, 0) is 115 Å². The second-order valence-electron chi connectivity index (χ2n) is 15.2. The van der Waals surface area contributed by atoms with Crippen molar-refractivity contribution >= 4 is 11.4 Å². The van der Waals surface area contributed by atoms with Crippen LogP contribution >= 0.6 is 0 Å². The van der Waals surface area contributed by atoms with Crippen LogP contribution in [0.5, 0.6) is 0 Å². The number of hydrogen-bond donors (Lipinski definition) is 0. The molecule has 0 aliphatic heterocycles. The average molecular weight is 689 g/mol. The summed E-state index contributed by atoms with van der Waals surface area (Å²) in [5.74, 6) is 0.0312. The molecule has 0 aromatic heterocycles. The molecular formula is C53H36O. The molecule has 4 aliphatic carbocycles. The molecule has 0 N–H and O–H groups in total. The van der Waals surface area contributed by atoms with E-state index in [1.54, 1.807) is 0 Å². The van der Waals surface area contributed by atoms with Gasteiger partial charge in [-0.2, -0.15) is 0 Å². The fourth-order valence-electron chi connectivity index (χ4n) is 10.7. The molecule has 1 atom stereocenters. The minimum Gasteiger partial charge on any atom is -0.289 e. The molecule has 0 radical (unpaired) electrons. The normalized spacial score (nSPS) is 17.3. The summed E-state index contributed by atoms with van der Waals surface area (Å²) in [6, 6.07) is 54.9. The Morgan fingerprint density at radius 2 is 0.907 bits per heavy atom. The van der Waals surface area contributed by atoms with E-state index in [0.717, 1.165) is 5.56 Å². The molecule has 4 aliphatic rings. The van der Waals surface area contributed by atoms with Gasteiger partial charge in [-0.3, -0.25) is 4.79 Å². The third kappa shape index (κ3) is 3.66. The molecule has 0 bridgehead atoms. The van der Waals surface area contributed by atoms with Gasteiger partial charge < -0.3 is 0 Å². The minimum absolute atomic E-state index is 0.0312. The molecule has 0 amide bonds. The lowest BCUT2D eigenvalue weighted by atomic mass is 9.69. The lowest BCUT2D eigenvalue weighted by Crippen LogP contribution is -2.27. The van der Waals surface area contributed by atoms with Crippen LogP contribution in [0.4, 0.5) is 0 Å². The van der Waals surface area contributed by atoms with Gasteiger partial charge >= 0.3 is 0 Å². The van der Waals surface area contributed by atoms with Crippen molar-refractivity contribution in [3.63, 3.8) is 0 Å². The zero-order chi connectivity index (χ0) is 36.3. The van der Waals surface area contributed by atoms with Gasteiger partial charge in [-0.15, -0.1) is 0 Å². The summed E-state index contributed by atoms with van der Waals surface area (Å²) in [7, 11) is 0. The highest BCUT2D eigenvalue weighted by Crippen LogP contribution is 2.64. The predicted molar refractivity (Wildman–Crippen MR) is 221 cm³/mol. The van der Waals surface area contributed by atoms with Crippen molar-refractivity contribution in [2.75, 3.05) is 0 Å². The number of fused-ring (bicyclic) bond motifs is 17. The summed E-state index contributed by atoms with van der Waals surface area (Å²) in [4.78, 5) is 15.1. The van der Waals surface area contributed by atoms with Crippen LogP contribution in [0.3, 0.4) is 0 Å². The van der Waals surface area contributed by atoms with Gasteiger partial charge in [0.1, 0.15) is 0 Å². The summed E-state index contributed by atoms with van der Waals surface area (Å²) in [6.07, 6.45) is 6.12. The van der Waals surface area contributed by atoms with Crippen LogP contribution in [0.15, 0.2) is 182 Å². The largest absolute Gasteiger partial charge is 0.289 e. The molecular weight excluding hydrogens is 653 g/mol. The molecule has 1 unspecified atom stereocenters. The van der Waals surface area contributed by atoms with Crippen molar-refractivity contribution in [2.24, 2.45) is 0 Å². The van der Waals surface area contributed by atoms with E-state index in [1.165, 1.54) is 89.0 Å². The molecule has 0 saturated heterocycles. The molecule has 7 aromatic rings. The Morgan fingerprint density at radius 3 is 1.46 bits per heavy atom. The van der Waals surface area contributed by atoms with Crippen LogP contribution in [0.1, 0.15) is 72.9 Å². The van der Waals surface area contributed by atoms with Gasteiger partial charge in [0, 0.05) is 11.1 Å². The molecule has 7 aromatic carbocycles. The molecule has 0 saturated carbocycles. The van der Waals surface area contributed by atoms with E-state index < -0.39 is 10.8 Å². The first-order valence-electron chi connectivity index (χ1n) is 18.8. The fourth-order valence-corrected chi connectivity index (χ4v) is 10.7. The Balaban J connectivity index is 1.13. The van der Waals surface area contributed by atoms with E-state index in [4.69, 9.17) is 0 Å². The zero-order valence-electron chi connectivity index (χ0n) is 30.3. The molecule has 11 rings (SSSR count). The second kappa shape index (κ2) is 11.0. The van der Waals surface area contributed by atoms with Crippen LogP contribution in [0, 0.1) is 6.92 Å². The highest BCUT2D eigenvalue weighted by atomic mass is 16.1. The molecule has 2 spiro atoms. The number of rotatable bonds is 4. The lowest BCUT2D eigenvalue weighted by Gasteiger charge is -2.32. The van der Waals surface area contributed by atoms with Gasteiger partial charge in [-0.25, -0.2) is 0 Å². The summed E-state index contributed by atoms with van der Waals surface area (Å²) in [5.41, 5.74) is 21.3. The SMILES string of the molecule is C=CC=CC1=C(C)c2ccccc2C12c1ccc(C)cc1-c1ccc(C(=O)c3ccc4c(c3)C3(c5ccccc5-c5ccccc53)c3ccccc3-4)cc12. The second-order valence-corrected chi connectivity index (χ2v) is 15.2. The van der Waals surface area contributed by atoms with Crippen molar-refractivity contribution in [1.82, 2.24) is 0 Å². The maximum Gasteiger partial charge on any atom is 0.193 e. The van der Waals surface area contributed by atoms with Gasteiger partial charge in [0.05, 0.1) is 10.8 Å². The van der Waals surface area contributed by atoms with Crippen LogP contribution in [-0.2, 0) is 10.8 Å². The van der Waals surface area contributed by atoms with Crippen molar-refractivity contribution in [3.05, 3.63) is 243 Å². The number of allylic oxidation sites excluding steroid dienone is 5. The Labute approximate surface area is 316 Å². The summed E-state index contributed by atoms with van der Waals surface area (Å²) in [6.45, 7) is 8.41. The number of hydrogen-bond acceptors (Lipinski definition) is 1. The Kier molecular flexibility index (Phi) is 6.30. The first-order chi connectivity index (χ1) is 26.5. The topological polar surface area (TPSA) is 17.1 Å². The number of benzene rings is 7. The maximum absolute atomic E-state index is 15.1. The maximum atomic E-state index is 15.1. The van der Waals surface area contributed by atoms with Gasteiger partial charge in [0.25, 0.3) is 0 Å². The van der Waals surface area contributed by atoms with E-state index in [0.29, 0.717) is 11.1 Å². The zero-order valence-corrected chi connectivity index (χ0v) is 30.3.